The second-order valence-electron chi connectivity index (χ2n) is 16.2. The number of thioether (sulfide) groups is 1. The fourth-order valence-electron chi connectivity index (χ4n) is 8.57. The van der Waals surface area contributed by atoms with Crippen molar-refractivity contribution in [3.05, 3.63) is 179 Å². The van der Waals surface area contributed by atoms with Gasteiger partial charge in [0.05, 0.1) is 50.3 Å². The van der Waals surface area contributed by atoms with Crippen LogP contribution in [0.4, 0.5) is 0 Å². The zero-order chi connectivity index (χ0) is 45.1. The molecule has 65 heavy (non-hydrogen) atoms. The molecule has 0 spiro atoms. The van der Waals surface area contributed by atoms with E-state index >= 15 is 0 Å². The number of rotatable bonds is 19. The molecule has 0 aromatic heterocycles. The topological polar surface area (TPSA) is 128 Å². The van der Waals surface area contributed by atoms with Crippen molar-refractivity contribution in [2.75, 3.05) is 12.4 Å². The zero-order valence-corrected chi connectivity index (χ0v) is 37.5. The van der Waals surface area contributed by atoms with E-state index in [9.17, 15) is 14.4 Å². The average Bonchev–Trinajstić information content (AvgIpc) is 3.58. The van der Waals surface area contributed by atoms with Gasteiger partial charge in [-0.2, -0.15) is 0 Å². The van der Waals surface area contributed by atoms with Gasteiger partial charge in [0.2, 0.25) is 0 Å². The first-order chi connectivity index (χ1) is 31.8. The molecule has 0 saturated carbocycles. The van der Waals surface area contributed by atoms with E-state index < -0.39 is 78.3 Å². The van der Waals surface area contributed by atoms with Gasteiger partial charge in [-0.3, -0.25) is 19.3 Å². The van der Waals surface area contributed by atoms with Crippen molar-refractivity contribution in [3.63, 3.8) is 0 Å². The van der Waals surface area contributed by atoms with Crippen LogP contribution in [-0.4, -0.2) is 95.5 Å². The summed E-state index contributed by atoms with van der Waals surface area (Å²) in [6.07, 6.45) is -7.49. The molecule has 12 nitrogen and oxygen atoms in total. The van der Waals surface area contributed by atoms with E-state index in [1.54, 1.807) is 24.3 Å². The van der Waals surface area contributed by atoms with Gasteiger partial charge in [-0.05, 0) is 47.1 Å². The van der Waals surface area contributed by atoms with Gasteiger partial charge >= 0.3 is 5.97 Å². The molecule has 3 heterocycles. The second kappa shape index (κ2) is 22.3. The van der Waals surface area contributed by atoms with Crippen LogP contribution in [0.3, 0.4) is 0 Å². The van der Waals surface area contributed by atoms with Crippen molar-refractivity contribution in [1.82, 2.24) is 4.90 Å². The number of esters is 1. The lowest BCUT2D eigenvalue weighted by Gasteiger charge is -2.51. The molecule has 0 bridgehead atoms. The lowest BCUT2D eigenvalue weighted by molar-refractivity contribution is -0.345. The monoisotopic (exact) mass is 901 g/mol. The first-order valence-corrected chi connectivity index (χ1v) is 23.1. The summed E-state index contributed by atoms with van der Waals surface area (Å²) < 4.78 is 53.8. The van der Waals surface area contributed by atoms with E-state index in [0.29, 0.717) is 5.75 Å². The molecule has 0 radical (unpaired) electrons. The molecule has 3 aliphatic rings. The van der Waals surface area contributed by atoms with Gasteiger partial charge in [0.25, 0.3) is 11.8 Å². The third kappa shape index (κ3) is 11.3. The number of nitrogens with zero attached hydrogens (tertiary/aromatic N) is 1. The summed E-state index contributed by atoms with van der Waals surface area (Å²) >= 11 is 1.41. The number of fused-ring (bicyclic) bond motifs is 1. The van der Waals surface area contributed by atoms with Crippen LogP contribution in [-0.2, 0) is 69.1 Å². The Balaban J connectivity index is 1.19. The molecule has 10 atom stereocenters. The van der Waals surface area contributed by atoms with Gasteiger partial charge in [0, 0.05) is 6.92 Å². The first-order valence-electron chi connectivity index (χ1n) is 22.1. The lowest BCUT2D eigenvalue weighted by Crippen LogP contribution is -2.68. The fourth-order valence-corrected chi connectivity index (χ4v) is 9.59. The Labute approximate surface area is 384 Å². The third-order valence-electron chi connectivity index (χ3n) is 11.6. The molecule has 2 saturated heterocycles. The highest BCUT2D eigenvalue weighted by molar-refractivity contribution is 7.99. The number of carbonyl (C=O) groups excluding carboxylic acids is 3. The SMILES string of the molecule is CCS[C@@H]1O[C@H](COCc2ccccc2)[C@@H](OC(C)=O)[C@H](O[C@@H]2O[C@@H](C)[C@@H](OCc3ccccc3)[C@@H](OCc3ccccc3)[C@@H]2OCc2ccccc2)[C@H]1N1C(=O)c2ccccc2C1=O. The van der Waals surface area contributed by atoms with Crippen LogP contribution in [0.2, 0.25) is 0 Å². The summed E-state index contributed by atoms with van der Waals surface area (Å²) in [6, 6.07) is 44.7. The molecular weight excluding hydrogens is 847 g/mol. The maximum Gasteiger partial charge on any atom is 0.303 e. The molecule has 0 N–H and O–H groups in total. The number of hydrogen-bond donors (Lipinski definition) is 0. The molecule has 3 aliphatic heterocycles. The van der Waals surface area contributed by atoms with E-state index in [-0.39, 0.29) is 44.2 Å². The minimum absolute atomic E-state index is 0.00358. The van der Waals surface area contributed by atoms with Gasteiger partial charge in [-0.25, -0.2) is 0 Å². The molecule has 2 amide bonds. The summed E-state index contributed by atoms with van der Waals surface area (Å²) in [5.74, 6) is -1.08. The number of benzene rings is 5. The predicted octanol–water partition coefficient (Wildman–Crippen LogP) is 8.16. The maximum absolute atomic E-state index is 14.5. The lowest BCUT2D eigenvalue weighted by atomic mass is 9.94. The Bertz CT molecular complexity index is 2270. The van der Waals surface area contributed by atoms with E-state index in [1.807, 2.05) is 135 Å². The quantitative estimate of drug-likeness (QED) is 0.0586. The molecule has 2 fully saturated rings. The highest BCUT2D eigenvalue weighted by Crippen LogP contribution is 2.41. The molecule has 5 aromatic carbocycles. The Morgan fingerprint density at radius 3 is 1.54 bits per heavy atom. The summed E-state index contributed by atoms with van der Waals surface area (Å²) in [5, 5.41) is 0. The van der Waals surface area contributed by atoms with Crippen LogP contribution in [0.1, 0.15) is 63.7 Å². The normalized spacial score (nSPS) is 26.5. The molecule has 340 valence electrons. The van der Waals surface area contributed by atoms with Crippen LogP contribution in [0, 0.1) is 0 Å². The molecule has 0 aliphatic carbocycles. The second-order valence-corrected chi connectivity index (χ2v) is 17.6. The van der Waals surface area contributed by atoms with Crippen molar-refractivity contribution in [3.8, 4) is 0 Å². The first kappa shape index (κ1) is 46.3. The third-order valence-corrected chi connectivity index (χ3v) is 12.7. The number of ether oxygens (including phenoxy) is 8. The van der Waals surface area contributed by atoms with Gasteiger partial charge in [-0.15, -0.1) is 11.8 Å². The van der Waals surface area contributed by atoms with Crippen molar-refractivity contribution < 1.29 is 52.3 Å². The Morgan fingerprint density at radius 1 is 0.585 bits per heavy atom. The standard InChI is InChI=1S/C52H55NO11S/c1-4-65-52-43(53-49(55)40-27-17-18-28-41(40)50(53)56)46(45(62-35(3)54)42(63-52)33-57-29-36-19-9-5-10-20-36)64-51-48(60-32-39-25-15-8-16-26-39)47(59-31-38-23-13-7-14-24-38)44(34(2)61-51)58-30-37-21-11-6-12-22-37/h5-28,34,42-48,51-52H,4,29-33H2,1-3H3/t34-,42+,43+,44+,45+,46+,47+,48-,51-,52-/m0/s1. The molecule has 5 aromatic rings. The number of amides is 2. The number of imide groups is 1. The molecule has 13 heteroatoms. The van der Waals surface area contributed by atoms with Gasteiger partial charge < -0.3 is 37.9 Å². The smallest absolute Gasteiger partial charge is 0.303 e. The van der Waals surface area contributed by atoms with E-state index in [4.69, 9.17) is 37.9 Å². The van der Waals surface area contributed by atoms with E-state index in [0.717, 1.165) is 22.3 Å². The van der Waals surface area contributed by atoms with Gasteiger partial charge in [-0.1, -0.05) is 140 Å². The zero-order valence-electron chi connectivity index (χ0n) is 36.7. The van der Waals surface area contributed by atoms with Crippen molar-refractivity contribution in [2.24, 2.45) is 0 Å². The van der Waals surface area contributed by atoms with Crippen molar-refractivity contribution in [1.29, 1.82) is 0 Å². The van der Waals surface area contributed by atoms with E-state index in [2.05, 4.69) is 0 Å². The summed E-state index contributed by atoms with van der Waals surface area (Å²) in [6.45, 7) is 6.07. The maximum atomic E-state index is 14.5. The number of hydrogen-bond acceptors (Lipinski definition) is 12. The highest BCUT2D eigenvalue weighted by Gasteiger charge is 2.58. The van der Waals surface area contributed by atoms with E-state index in [1.165, 1.54) is 23.6 Å². The van der Waals surface area contributed by atoms with Crippen LogP contribution < -0.4 is 0 Å². The molecule has 0 unspecified atom stereocenters. The minimum atomic E-state index is -1.21. The van der Waals surface area contributed by atoms with Crippen LogP contribution in [0.15, 0.2) is 146 Å². The van der Waals surface area contributed by atoms with Crippen LogP contribution in [0.25, 0.3) is 0 Å². The van der Waals surface area contributed by atoms with Gasteiger partial charge in [0.15, 0.2) is 12.4 Å². The number of carbonyl (C=O) groups is 3. The van der Waals surface area contributed by atoms with Crippen molar-refractivity contribution >= 4 is 29.5 Å². The Morgan fingerprint density at radius 2 is 1.05 bits per heavy atom. The summed E-state index contributed by atoms with van der Waals surface area (Å²) in [4.78, 5) is 43.3. The highest BCUT2D eigenvalue weighted by atomic mass is 32.2. The van der Waals surface area contributed by atoms with Crippen molar-refractivity contribution in [2.45, 2.75) is 108 Å². The van der Waals surface area contributed by atoms with Gasteiger partial charge in [0.1, 0.15) is 42.0 Å². The van der Waals surface area contributed by atoms with Crippen LogP contribution in [0.5, 0.6) is 0 Å². The fraction of sp³-hybridized carbons (Fsp3) is 0.365. The summed E-state index contributed by atoms with van der Waals surface area (Å²) in [7, 11) is 0. The minimum Gasteiger partial charge on any atom is -0.457 e. The molecular formula is C52H55NO11S. The predicted molar refractivity (Wildman–Crippen MR) is 243 cm³/mol. The summed E-state index contributed by atoms with van der Waals surface area (Å²) in [5.41, 5.74) is 3.43. The Hall–Kier alpha value is -5.22. The van der Waals surface area contributed by atoms with Crippen LogP contribution >= 0.6 is 11.8 Å². The Kier molecular flexibility index (Phi) is 15.9. The largest absolute Gasteiger partial charge is 0.457 e. The molecule has 8 rings (SSSR count). The average molecular weight is 902 g/mol.